The summed E-state index contributed by atoms with van der Waals surface area (Å²) in [6.07, 6.45) is 0. The van der Waals surface area contributed by atoms with Gasteiger partial charge in [-0.2, -0.15) is 0 Å². The van der Waals surface area contributed by atoms with Crippen molar-refractivity contribution in [2.75, 3.05) is 0 Å². The number of benzene rings is 1. The van der Waals surface area contributed by atoms with Gasteiger partial charge >= 0.3 is 5.76 Å². The highest BCUT2D eigenvalue weighted by Crippen LogP contribution is 2.22. The number of nitrogens with two attached hydrogens (primary N) is 1. The lowest BCUT2D eigenvalue weighted by Crippen LogP contribution is -2.38. The van der Waals surface area contributed by atoms with Crippen LogP contribution in [0.15, 0.2) is 27.4 Å². The summed E-state index contributed by atoms with van der Waals surface area (Å²) in [7, 11) is 0. The highest BCUT2D eigenvalue weighted by molar-refractivity contribution is 5.83. The Labute approximate surface area is 105 Å². The Balaban J connectivity index is 2.69. The average molecular weight is 266 g/mol. The van der Waals surface area contributed by atoms with E-state index in [0.717, 1.165) is 4.57 Å². The van der Waals surface area contributed by atoms with Crippen molar-refractivity contribution in [2.45, 2.75) is 13.0 Å². The predicted molar refractivity (Wildman–Crippen MR) is 64.2 cm³/mol. The SMILES string of the molecule is CC(C(=O)NN)n1c(=O)oc2ccc([N+](=O)[O-])cc21. The summed E-state index contributed by atoms with van der Waals surface area (Å²) in [6, 6.07) is 2.74. The van der Waals surface area contributed by atoms with E-state index in [1.165, 1.54) is 25.1 Å². The number of nitro groups is 1. The van der Waals surface area contributed by atoms with Crippen molar-refractivity contribution >= 4 is 22.7 Å². The van der Waals surface area contributed by atoms with Crippen LogP contribution in [0.25, 0.3) is 11.1 Å². The topological polar surface area (TPSA) is 133 Å². The molecule has 1 heterocycles. The summed E-state index contributed by atoms with van der Waals surface area (Å²) in [5.74, 6) is 3.60. The number of nitrogens with one attached hydrogen (secondary N) is 1. The van der Waals surface area contributed by atoms with Crippen LogP contribution in [-0.4, -0.2) is 15.4 Å². The first-order valence-electron chi connectivity index (χ1n) is 5.25. The molecule has 0 bridgehead atoms. The molecular weight excluding hydrogens is 256 g/mol. The fourth-order valence-electron chi connectivity index (χ4n) is 1.74. The summed E-state index contributed by atoms with van der Waals surface area (Å²) in [5.41, 5.74) is 2.02. The van der Waals surface area contributed by atoms with Gasteiger partial charge in [-0.3, -0.25) is 24.9 Å². The molecule has 0 aliphatic heterocycles. The number of hydrogen-bond acceptors (Lipinski definition) is 6. The number of nitro benzene ring substituents is 1. The second kappa shape index (κ2) is 4.53. The van der Waals surface area contributed by atoms with Crippen molar-refractivity contribution < 1.29 is 14.1 Å². The maximum absolute atomic E-state index is 11.7. The number of amides is 1. The first-order chi connectivity index (χ1) is 8.95. The maximum Gasteiger partial charge on any atom is 0.420 e. The number of oxazole rings is 1. The third-order valence-electron chi connectivity index (χ3n) is 2.72. The number of aromatic nitrogens is 1. The number of non-ortho nitro benzene ring substituents is 1. The van der Waals surface area contributed by atoms with E-state index >= 15 is 0 Å². The predicted octanol–water partition coefficient (Wildman–Crippen LogP) is 0.0536. The van der Waals surface area contributed by atoms with Crippen molar-refractivity contribution in [3.05, 3.63) is 38.9 Å². The minimum atomic E-state index is -0.944. The molecule has 1 aromatic carbocycles. The zero-order chi connectivity index (χ0) is 14.2. The molecule has 0 saturated heterocycles. The monoisotopic (exact) mass is 266 g/mol. The molecular formula is C10H10N4O5. The molecule has 9 heteroatoms. The summed E-state index contributed by atoms with van der Waals surface area (Å²) in [4.78, 5) is 33.2. The van der Waals surface area contributed by atoms with Crippen LogP contribution in [0.1, 0.15) is 13.0 Å². The van der Waals surface area contributed by atoms with Gasteiger partial charge in [0.05, 0.1) is 10.4 Å². The van der Waals surface area contributed by atoms with E-state index in [9.17, 15) is 19.7 Å². The Morgan fingerprint density at radius 2 is 2.26 bits per heavy atom. The first kappa shape index (κ1) is 12.8. The molecule has 0 radical (unpaired) electrons. The average Bonchev–Trinajstić information content (AvgIpc) is 2.71. The van der Waals surface area contributed by atoms with Crippen molar-refractivity contribution in [2.24, 2.45) is 5.84 Å². The molecule has 3 N–H and O–H groups in total. The zero-order valence-corrected chi connectivity index (χ0v) is 9.82. The van der Waals surface area contributed by atoms with E-state index in [0.29, 0.717) is 0 Å². The van der Waals surface area contributed by atoms with Gasteiger partial charge < -0.3 is 4.42 Å². The van der Waals surface area contributed by atoms with Gasteiger partial charge in [-0.1, -0.05) is 0 Å². The molecule has 2 aromatic rings. The lowest BCUT2D eigenvalue weighted by molar-refractivity contribution is -0.384. The Morgan fingerprint density at radius 1 is 1.58 bits per heavy atom. The second-order valence-corrected chi connectivity index (χ2v) is 3.83. The fourth-order valence-corrected chi connectivity index (χ4v) is 1.74. The molecule has 2 rings (SSSR count). The number of carbonyl (C=O) groups excluding carboxylic acids is 1. The highest BCUT2D eigenvalue weighted by atomic mass is 16.6. The van der Waals surface area contributed by atoms with E-state index < -0.39 is 22.6 Å². The number of fused-ring (bicyclic) bond motifs is 1. The molecule has 0 saturated carbocycles. The molecule has 1 atom stereocenters. The minimum Gasteiger partial charge on any atom is -0.408 e. The van der Waals surface area contributed by atoms with Crippen molar-refractivity contribution in [3.8, 4) is 0 Å². The number of hydrogen-bond donors (Lipinski definition) is 2. The minimum absolute atomic E-state index is 0.160. The van der Waals surface area contributed by atoms with Crippen molar-refractivity contribution in [1.29, 1.82) is 0 Å². The van der Waals surface area contributed by atoms with Gasteiger partial charge in [0.1, 0.15) is 6.04 Å². The van der Waals surface area contributed by atoms with Gasteiger partial charge in [-0.05, 0) is 13.0 Å². The van der Waals surface area contributed by atoms with E-state index in [2.05, 4.69) is 0 Å². The Kier molecular flexibility index (Phi) is 3.05. The fraction of sp³-hybridized carbons (Fsp3) is 0.200. The third-order valence-corrected chi connectivity index (χ3v) is 2.72. The molecule has 0 aliphatic carbocycles. The Hall–Kier alpha value is -2.68. The van der Waals surface area contributed by atoms with Crippen molar-refractivity contribution in [3.63, 3.8) is 0 Å². The van der Waals surface area contributed by atoms with E-state index in [-0.39, 0.29) is 16.8 Å². The van der Waals surface area contributed by atoms with Gasteiger partial charge in [0.25, 0.3) is 11.6 Å². The lowest BCUT2D eigenvalue weighted by atomic mass is 10.2. The summed E-state index contributed by atoms with van der Waals surface area (Å²) >= 11 is 0. The van der Waals surface area contributed by atoms with Gasteiger partial charge in [0, 0.05) is 12.1 Å². The third kappa shape index (κ3) is 2.06. The smallest absolute Gasteiger partial charge is 0.408 e. The molecule has 0 fully saturated rings. The summed E-state index contributed by atoms with van der Waals surface area (Å²) < 4.78 is 5.92. The van der Waals surface area contributed by atoms with Gasteiger partial charge in [-0.25, -0.2) is 10.6 Å². The standard InChI is InChI=1S/C10H10N4O5/c1-5(9(15)12-11)13-7-4-6(14(17)18)2-3-8(7)19-10(13)16/h2-5H,11H2,1H3,(H,12,15). The zero-order valence-electron chi connectivity index (χ0n) is 9.82. The van der Waals surface area contributed by atoms with Crippen LogP contribution >= 0.6 is 0 Å². The number of hydrazine groups is 1. The molecule has 1 aromatic heterocycles. The molecule has 1 amide bonds. The molecule has 19 heavy (non-hydrogen) atoms. The van der Waals surface area contributed by atoms with Gasteiger partial charge in [0.2, 0.25) is 0 Å². The van der Waals surface area contributed by atoms with Gasteiger partial charge in [0.15, 0.2) is 5.58 Å². The van der Waals surface area contributed by atoms with Crippen LogP contribution in [0.3, 0.4) is 0 Å². The lowest BCUT2D eigenvalue weighted by Gasteiger charge is -2.10. The first-order valence-corrected chi connectivity index (χ1v) is 5.25. The normalized spacial score (nSPS) is 12.3. The van der Waals surface area contributed by atoms with Crippen LogP contribution < -0.4 is 17.0 Å². The summed E-state index contributed by atoms with van der Waals surface area (Å²) in [6.45, 7) is 1.43. The van der Waals surface area contributed by atoms with E-state index in [1.54, 1.807) is 0 Å². The number of carbonyl (C=O) groups is 1. The second-order valence-electron chi connectivity index (χ2n) is 3.83. The quantitative estimate of drug-likeness (QED) is 0.349. The van der Waals surface area contributed by atoms with Crippen molar-refractivity contribution in [1.82, 2.24) is 9.99 Å². The molecule has 0 spiro atoms. The van der Waals surface area contributed by atoms with Crippen LogP contribution in [0.5, 0.6) is 0 Å². The number of nitrogens with zero attached hydrogens (tertiary/aromatic N) is 2. The van der Waals surface area contributed by atoms with E-state index in [4.69, 9.17) is 10.3 Å². The van der Waals surface area contributed by atoms with Gasteiger partial charge in [-0.15, -0.1) is 0 Å². The van der Waals surface area contributed by atoms with E-state index in [1.807, 2.05) is 5.43 Å². The van der Waals surface area contributed by atoms with Crippen LogP contribution in [0, 0.1) is 10.1 Å². The van der Waals surface area contributed by atoms with Crippen LogP contribution in [0.2, 0.25) is 0 Å². The molecule has 0 aliphatic rings. The molecule has 9 nitrogen and oxygen atoms in total. The largest absolute Gasteiger partial charge is 0.420 e. The summed E-state index contributed by atoms with van der Waals surface area (Å²) in [5, 5.41) is 10.7. The molecule has 100 valence electrons. The molecule has 1 unspecified atom stereocenters. The van der Waals surface area contributed by atoms with Crippen LogP contribution in [-0.2, 0) is 4.79 Å². The Morgan fingerprint density at radius 3 is 2.84 bits per heavy atom. The maximum atomic E-state index is 11.7. The number of rotatable bonds is 3. The Bertz CT molecular complexity index is 716. The van der Waals surface area contributed by atoms with Crippen LogP contribution in [0.4, 0.5) is 5.69 Å². The highest BCUT2D eigenvalue weighted by Gasteiger charge is 2.22.